The van der Waals surface area contributed by atoms with Crippen molar-refractivity contribution in [2.24, 2.45) is 0 Å². The Morgan fingerprint density at radius 3 is 2.48 bits per heavy atom. The van der Waals surface area contributed by atoms with E-state index in [2.05, 4.69) is 10.6 Å². The molecule has 0 bridgehead atoms. The molecule has 0 saturated carbocycles. The standard InChI is InChI=1S/C22H26N2O5/c1-14-8-9-17(10-15(14)2)16(3)24-20(25)13-29-21(26)12-23-22(27)18-6-5-7-19(11-18)28-4/h5-11,16H,12-13H2,1-4H3,(H,23,27)(H,24,25)/t16-/m1/s1. The number of esters is 1. The molecule has 0 aliphatic rings. The third-order valence-electron chi connectivity index (χ3n) is 4.50. The van der Waals surface area contributed by atoms with Crippen LogP contribution < -0.4 is 15.4 Å². The third kappa shape index (κ3) is 6.64. The van der Waals surface area contributed by atoms with E-state index in [1.807, 2.05) is 39.0 Å². The highest BCUT2D eigenvalue weighted by Gasteiger charge is 2.14. The fraction of sp³-hybridized carbons (Fsp3) is 0.318. The van der Waals surface area contributed by atoms with Gasteiger partial charge >= 0.3 is 5.97 Å². The van der Waals surface area contributed by atoms with E-state index in [0.29, 0.717) is 11.3 Å². The minimum atomic E-state index is -0.699. The quantitative estimate of drug-likeness (QED) is 0.666. The topological polar surface area (TPSA) is 93.7 Å². The summed E-state index contributed by atoms with van der Waals surface area (Å²) >= 11 is 0. The maximum atomic E-state index is 12.1. The molecule has 0 aliphatic carbocycles. The van der Waals surface area contributed by atoms with Gasteiger partial charge in [0.15, 0.2) is 6.61 Å². The summed E-state index contributed by atoms with van der Waals surface area (Å²) in [5.41, 5.74) is 3.65. The Kier molecular flexibility index (Phi) is 7.77. The van der Waals surface area contributed by atoms with E-state index in [0.717, 1.165) is 11.1 Å². The van der Waals surface area contributed by atoms with Crippen molar-refractivity contribution < 1.29 is 23.9 Å². The van der Waals surface area contributed by atoms with Gasteiger partial charge < -0.3 is 20.1 Å². The van der Waals surface area contributed by atoms with Crippen LogP contribution in [0.5, 0.6) is 5.75 Å². The molecule has 2 amide bonds. The summed E-state index contributed by atoms with van der Waals surface area (Å²) in [6.45, 7) is 5.14. The van der Waals surface area contributed by atoms with E-state index in [4.69, 9.17) is 9.47 Å². The van der Waals surface area contributed by atoms with Gasteiger partial charge in [-0.1, -0.05) is 24.3 Å². The summed E-state index contributed by atoms with van der Waals surface area (Å²) < 4.78 is 9.98. The molecule has 2 N–H and O–H groups in total. The molecule has 0 aromatic heterocycles. The van der Waals surface area contributed by atoms with E-state index in [1.54, 1.807) is 24.3 Å². The molecular weight excluding hydrogens is 372 g/mol. The zero-order valence-corrected chi connectivity index (χ0v) is 17.1. The molecular formula is C22H26N2O5. The third-order valence-corrected chi connectivity index (χ3v) is 4.50. The Balaban J connectivity index is 1.75. The summed E-state index contributed by atoms with van der Waals surface area (Å²) in [7, 11) is 1.50. The van der Waals surface area contributed by atoms with Crippen LogP contribution in [0, 0.1) is 13.8 Å². The second-order valence-corrected chi connectivity index (χ2v) is 6.71. The van der Waals surface area contributed by atoms with E-state index < -0.39 is 24.4 Å². The van der Waals surface area contributed by atoms with Gasteiger partial charge in [-0.15, -0.1) is 0 Å². The first-order valence-corrected chi connectivity index (χ1v) is 9.24. The molecule has 7 heteroatoms. The van der Waals surface area contributed by atoms with Crippen molar-refractivity contribution in [3.8, 4) is 5.75 Å². The number of carbonyl (C=O) groups excluding carboxylic acids is 3. The van der Waals surface area contributed by atoms with Crippen molar-refractivity contribution in [3.05, 3.63) is 64.7 Å². The van der Waals surface area contributed by atoms with Crippen LogP contribution in [-0.4, -0.2) is 38.0 Å². The molecule has 154 valence electrons. The van der Waals surface area contributed by atoms with E-state index >= 15 is 0 Å². The van der Waals surface area contributed by atoms with Gasteiger partial charge in [-0.05, 0) is 55.7 Å². The largest absolute Gasteiger partial charge is 0.497 e. The Morgan fingerprint density at radius 1 is 1.03 bits per heavy atom. The SMILES string of the molecule is COc1cccc(C(=O)NCC(=O)OCC(=O)N[C@H](C)c2ccc(C)c(C)c2)c1. The molecule has 7 nitrogen and oxygen atoms in total. The van der Waals surface area contributed by atoms with Gasteiger partial charge in [0.05, 0.1) is 13.2 Å². The van der Waals surface area contributed by atoms with Crippen LogP contribution in [0.25, 0.3) is 0 Å². The molecule has 0 saturated heterocycles. The first-order valence-electron chi connectivity index (χ1n) is 9.24. The zero-order valence-electron chi connectivity index (χ0n) is 17.1. The normalized spacial score (nSPS) is 11.3. The molecule has 2 rings (SSSR count). The van der Waals surface area contributed by atoms with Gasteiger partial charge in [0.2, 0.25) is 0 Å². The van der Waals surface area contributed by atoms with Crippen LogP contribution in [0.2, 0.25) is 0 Å². The lowest BCUT2D eigenvalue weighted by atomic mass is 10.0. The number of nitrogens with one attached hydrogen (secondary N) is 2. The highest BCUT2D eigenvalue weighted by atomic mass is 16.5. The molecule has 2 aromatic rings. The van der Waals surface area contributed by atoms with Crippen LogP contribution >= 0.6 is 0 Å². The molecule has 0 radical (unpaired) electrons. The van der Waals surface area contributed by atoms with Crippen molar-refractivity contribution in [1.82, 2.24) is 10.6 Å². The number of rotatable bonds is 8. The van der Waals surface area contributed by atoms with Crippen molar-refractivity contribution in [2.75, 3.05) is 20.3 Å². The van der Waals surface area contributed by atoms with Crippen LogP contribution in [0.15, 0.2) is 42.5 Å². The summed E-state index contributed by atoms with van der Waals surface area (Å²) in [6.07, 6.45) is 0. The Morgan fingerprint density at radius 2 is 1.79 bits per heavy atom. The van der Waals surface area contributed by atoms with Gasteiger partial charge in [0.25, 0.3) is 11.8 Å². The van der Waals surface area contributed by atoms with Crippen molar-refractivity contribution in [3.63, 3.8) is 0 Å². The van der Waals surface area contributed by atoms with Crippen LogP contribution in [0.1, 0.15) is 40.0 Å². The summed E-state index contributed by atoms with van der Waals surface area (Å²) in [5.74, 6) is -1.01. The lowest BCUT2D eigenvalue weighted by Crippen LogP contribution is -2.34. The predicted octanol–water partition coefficient (Wildman–Crippen LogP) is 2.46. The monoisotopic (exact) mass is 398 g/mol. The zero-order chi connectivity index (χ0) is 21.4. The molecule has 0 unspecified atom stereocenters. The minimum Gasteiger partial charge on any atom is -0.497 e. The van der Waals surface area contributed by atoms with Gasteiger partial charge in [-0.3, -0.25) is 14.4 Å². The number of amides is 2. The number of ether oxygens (including phenoxy) is 2. The summed E-state index contributed by atoms with van der Waals surface area (Å²) in [5, 5.41) is 5.24. The number of benzene rings is 2. The summed E-state index contributed by atoms with van der Waals surface area (Å²) in [6, 6.07) is 12.3. The van der Waals surface area contributed by atoms with E-state index in [9.17, 15) is 14.4 Å². The van der Waals surface area contributed by atoms with E-state index in [1.165, 1.54) is 12.7 Å². The Labute approximate surface area is 170 Å². The van der Waals surface area contributed by atoms with Crippen LogP contribution in [0.4, 0.5) is 0 Å². The van der Waals surface area contributed by atoms with Gasteiger partial charge in [-0.2, -0.15) is 0 Å². The number of carbonyl (C=O) groups is 3. The van der Waals surface area contributed by atoms with Crippen LogP contribution in [0.3, 0.4) is 0 Å². The maximum Gasteiger partial charge on any atom is 0.325 e. The van der Waals surface area contributed by atoms with E-state index in [-0.39, 0.29) is 12.6 Å². The predicted molar refractivity (Wildman–Crippen MR) is 109 cm³/mol. The lowest BCUT2D eigenvalue weighted by Gasteiger charge is -2.16. The average molecular weight is 398 g/mol. The smallest absolute Gasteiger partial charge is 0.325 e. The van der Waals surface area contributed by atoms with Crippen molar-refractivity contribution >= 4 is 17.8 Å². The fourth-order valence-corrected chi connectivity index (χ4v) is 2.62. The van der Waals surface area contributed by atoms with Crippen molar-refractivity contribution in [2.45, 2.75) is 26.8 Å². The molecule has 0 spiro atoms. The first-order chi connectivity index (χ1) is 13.8. The molecule has 0 aliphatic heterocycles. The first kappa shape index (κ1) is 21.9. The second kappa shape index (κ2) is 10.3. The average Bonchev–Trinajstić information content (AvgIpc) is 2.72. The molecule has 29 heavy (non-hydrogen) atoms. The van der Waals surface area contributed by atoms with Crippen molar-refractivity contribution in [1.29, 1.82) is 0 Å². The Bertz CT molecular complexity index is 895. The van der Waals surface area contributed by atoms with Crippen LogP contribution in [-0.2, 0) is 14.3 Å². The highest BCUT2D eigenvalue weighted by molar-refractivity contribution is 5.96. The van der Waals surface area contributed by atoms with Gasteiger partial charge in [0, 0.05) is 5.56 Å². The molecule has 1 atom stereocenters. The summed E-state index contributed by atoms with van der Waals surface area (Å²) in [4.78, 5) is 35.9. The molecule has 0 fully saturated rings. The Hall–Kier alpha value is -3.35. The number of methoxy groups -OCH3 is 1. The maximum absolute atomic E-state index is 12.1. The molecule has 0 heterocycles. The number of hydrogen-bond donors (Lipinski definition) is 2. The minimum absolute atomic E-state index is 0.215. The fourth-order valence-electron chi connectivity index (χ4n) is 2.62. The highest BCUT2D eigenvalue weighted by Crippen LogP contribution is 2.16. The molecule has 2 aromatic carbocycles. The number of hydrogen-bond acceptors (Lipinski definition) is 5. The van der Waals surface area contributed by atoms with Gasteiger partial charge in [0.1, 0.15) is 12.3 Å². The number of aryl methyl sites for hydroxylation is 2. The lowest BCUT2D eigenvalue weighted by molar-refractivity contribution is -0.147. The second-order valence-electron chi connectivity index (χ2n) is 6.71. The van der Waals surface area contributed by atoms with Gasteiger partial charge in [-0.25, -0.2) is 0 Å².